The smallest absolute Gasteiger partial charge is 0.211 e. The van der Waals surface area contributed by atoms with E-state index in [1.165, 1.54) is 12.8 Å². The van der Waals surface area contributed by atoms with Crippen LogP contribution in [-0.2, 0) is 10.0 Å². The first-order chi connectivity index (χ1) is 7.57. The van der Waals surface area contributed by atoms with Crippen molar-refractivity contribution in [2.24, 2.45) is 5.92 Å². The molecule has 0 amide bonds. The van der Waals surface area contributed by atoms with Gasteiger partial charge in [-0.3, -0.25) is 0 Å². The Morgan fingerprint density at radius 1 is 1.31 bits per heavy atom. The Morgan fingerprint density at radius 2 is 2.06 bits per heavy atom. The van der Waals surface area contributed by atoms with Crippen LogP contribution in [0.5, 0.6) is 0 Å². The van der Waals surface area contributed by atoms with Crippen molar-refractivity contribution in [3.8, 4) is 0 Å². The molecule has 2 fully saturated rings. The summed E-state index contributed by atoms with van der Waals surface area (Å²) in [6, 6.07) is 0.336. The van der Waals surface area contributed by atoms with Gasteiger partial charge in [-0.2, -0.15) is 0 Å². The molecule has 0 radical (unpaired) electrons. The molecule has 94 valence electrons. The molecule has 1 saturated heterocycles. The molecule has 2 aliphatic rings. The molecule has 0 aromatic rings. The Labute approximate surface area is 98.2 Å². The second-order valence-corrected chi connectivity index (χ2v) is 7.03. The van der Waals surface area contributed by atoms with Gasteiger partial charge in [0, 0.05) is 12.1 Å². The molecule has 0 spiro atoms. The third kappa shape index (κ3) is 3.71. The van der Waals surface area contributed by atoms with Crippen molar-refractivity contribution in [1.82, 2.24) is 10.0 Å². The standard InChI is InChI=1S/C11H22N2O2S/c1-9-11(3-2-7-12-9)13-16(14,15)8-6-10-4-5-10/h9-13H,2-8H2,1H3. The zero-order valence-corrected chi connectivity index (χ0v) is 10.7. The lowest BCUT2D eigenvalue weighted by molar-refractivity contribution is 0.348. The SMILES string of the molecule is CC1NCCCC1NS(=O)(=O)CCC1CC1. The van der Waals surface area contributed by atoms with E-state index in [0.717, 1.165) is 25.8 Å². The number of rotatable bonds is 5. The zero-order valence-electron chi connectivity index (χ0n) is 9.91. The molecule has 1 aliphatic carbocycles. The Bertz CT molecular complexity index is 325. The zero-order chi connectivity index (χ0) is 11.6. The average molecular weight is 246 g/mol. The fourth-order valence-corrected chi connectivity index (χ4v) is 3.77. The lowest BCUT2D eigenvalue weighted by Crippen LogP contribution is -2.52. The first kappa shape index (κ1) is 12.3. The molecule has 0 aromatic heterocycles. The highest BCUT2D eigenvalue weighted by Crippen LogP contribution is 2.32. The van der Waals surface area contributed by atoms with Crippen molar-refractivity contribution in [1.29, 1.82) is 0 Å². The highest BCUT2D eigenvalue weighted by molar-refractivity contribution is 7.89. The molecule has 1 aliphatic heterocycles. The molecule has 2 unspecified atom stereocenters. The number of hydrogen-bond acceptors (Lipinski definition) is 3. The van der Waals surface area contributed by atoms with Crippen LogP contribution in [0.4, 0.5) is 0 Å². The van der Waals surface area contributed by atoms with Crippen LogP contribution in [0.2, 0.25) is 0 Å². The van der Waals surface area contributed by atoms with Crippen LogP contribution >= 0.6 is 0 Å². The summed E-state index contributed by atoms with van der Waals surface area (Å²) < 4.78 is 26.5. The van der Waals surface area contributed by atoms with Crippen molar-refractivity contribution in [2.75, 3.05) is 12.3 Å². The van der Waals surface area contributed by atoms with Gasteiger partial charge in [-0.1, -0.05) is 12.8 Å². The molecule has 2 atom stereocenters. The van der Waals surface area contributed by atoms with Crippen molar-refractivity contribution >= 4 is 10.0 Å². The third-order valence-electron chi connectivity index (χ3n) is 3.58. The van der Waals surface area contributed by atoms with E-state index >= 15 is 0 Å². The molecule has 4 nitrogen and oxygen atoms in total. The molecule has 16 heavy (non-hydrogen) atoms. The number of piperidine rings is 1. The van der Waals surface area contributed by atoms with Gasteiger partial charge in [0.1, 0.15) is 0 Å². The number of hydrogen-bond donors (Lipinski definition) is 2. The molecule has 1 heterocycles. The fraction of sp³-hybridized carbons (Fsp3) is 1.00. The second kappa shape index (κ2) is 5.02. The summed E-state index contributed by atoms with van der Waals surface area (Å²) in [5, 5.41) is 3.30. The predicted molar refractivity (Wildman–Crippen MR) is 64.8 cm³/mol. The molecule has 2 N–H and O–H groups in total. The van der Waals surface area contributed by atoms with E-state index < -0.39 is 10.0 Å². The van der Waals surface area contributed by atoms with Crippen LogP contribution in [0, 0.1) is 5.92 Å². The molecular weight excluding hydrogens is 224 g/mol. The van der Waals surface area contributed by atoms with Gasteiger partial charge >= 0.3 is 0 Å². The topological polar surface area (TPSA) is 58.2 Å². The van der Waals surface area contributed by atoms with Crippen LogP contribution in [0.1, 0.15) is 39.0 Å². The van der Waals surface area contributed by atoms with Gasteiger partial charge in [0.05, 0.1) is 5.75 Å². The van der Waals surface area contributed by atoms with Gasteiger partial charge in [-0.15, -0.1) is 0 Å². The Morgan fingerprint density at radius 3 is 2.69 bits per heavy atom. The minimum atomic E-state index is -3.06. The molecular formula is C11H22N2O2S. The summed E-state index contributed by atoms with van der Waals surface area (Å²) in [6.45, 7) is 3.05. The van der Waals surface area contributed by atoms with Gasteiger partial charge in [-0.25, -0.2) is 13.1 Å². The first-order valence-electron chi connectivity index (χ1n) is 6.30. The lowest BCUT2D eigenvalue weighted by atomic mass is 10.0. The van der Waals surface area contributed by atoms with Crippen LogP contribution < -0.4 is 10.0 Å². The third-order valence-corrected chi connectivity index (χ3v) is 5.02. The number of nitrogens with one attached hydrogen (secondary N) is 2. The van der Waals surface area contributed by atoms with Crippen LogP contribution in [0.25, 0.3) is 0 Å². The van der Waals surface area contributed by atoms with Gasteiger partial charge < -0.3 is 5.32 Å². The summed E-state index contributed by atoms with van der Waals surface area (Å²) in [4.78, 5) is 0. The van der Waals surface area contributed by atoms with E-state index in [-0.39, 0.29) is 12.1 Å². The normalized spacial score (nSPS) is 31.6. The van der Waals surface area contributed by atoms with Crippen LogP contribution in [0.3, 0.4) is 0 Å². The van der Waals surface area contributed by atoms with Crippen LogP contribution in [-0.4, -0.2) is 32.8 Å². The summed E-state index contributed by atoms with van der Waals surface area (Å²) in [7, 11) is -3.06. The van der Waals surface area contributed by atoms with Gasteiger partial charge in [-0.05, 0) is 38.6 Å². The quantitative estimate of drug-likeness (QED) is 0.756. The molecule has 1 saturated carbocycles. The van der Waals surface area contributed by atoms with Crippen molar-refractivity contribution < 1.29 is 8.42 Å². The lowest BCUT2D eigenvalue weighted by Gasteiger charge is -2.30. The van der Waals surface area contributed by atoms with Gasteiger partial charge in [0.2, 0.25) is 10.0 Å². The van der Waals surface area contributed by atoms with E-state index in [2.05, 4.69) is 10.0 Å². The van der Waals surface area contributed by atoms with Gasteiger partial charge in [0.25, 0.3) is 0 Å². The summed E-state index contributed by atoms with van der Waals surface area (Å²) in [6.07, 6.45) is 5.29. The maximum atomic E-state index is 11.8. The molecule has 0 aromatic carbocycles. The number of sulfonamides is 1. The minimum Gasteiger partial charge on any atom is -0.313 e. The Balaban J connectivity index is 1.80. The molecule has 2 rings (SSSR count). The largest absolute Gasteiger partial charge is 0.313 e. The highest BCUT2D eigenvalue weighted by atomic mass is 32.2. The maximum Gasteiger partial charge on any atom is 0.211 e. The van der Waals surface area contributed by atoms with E-state index in [1.54, 1.807) is 0 Å². The van der Waals surface area contributed by atoms with Crippen molar-refractivity contribution in [3.63, 3.8) is 0 Å². The molecule has 0 bridgehead atoms. The Hall–Kier alpha value is -0.130. The van der Waals surface area contributed by atoms with E-state index in [9.17, 15) is 8.42 Å². The fourth-order valence-electron chi connectivity index (χ4n) is 2.22. The van der Waals surface area contributed by atoms with Crippen LogP contribution in [0.15, 0.2) is 0 Å². The minimum absolute atomic E-state index is 0.0814. The predicted octanol–water partition coefficient (Wildman–Crippen LogP) is 0.846. The maximum absolute atomic E-state index is 11.8. The highest BCUT2D eigenvalue weighted by Gasteiger charge is 2.28. The monoisotopic (exact) mass is 246 g/mol. The first-order valence-corrected chi connectivity index (χ1v) is 7.95. The summed E-state index contributed by atoms with van der Waals surface area (Å²) in [5.74, 6) is 0.986. The van der Waals surface area contributed by atoms with Gasteiger partial charge in [0.15, 0.2) is 0 Å². The van der Waals surface area contributed by atoms with Crippen molar-refractivity contribution in [2.45, 2.75) is 51.1 Å². The Kier molecular flexibility index (Phi) is 3.87. The van der Waals surface area contributed by atoms with Crippen molar-refractivity contribution in [3.05, 3.63) is 0 Å². The summed E-state index contributed by atoms with van der Waals surface area (Å²) in [5.41, 5.74) is 0. The van der Waals surface area contributed by atoms with E-state index in [1.807, 2.05) is 6.92 Å². The second-order valence-electron chi connectivity index (χ2n) is 5.16. The summed E-state index contributed by atoms with van der Waals surface area (Å²) >= 11 is 0. The van der Waals surface area contributed by atoms with E-state index in [4.69, 9.17) is 0 Å². The van der Waals surface area contributed by atoms with E-state index in [0.29, 0.717) is 11.7 Å². The average Bonchev–Trinajstić information content (AvgIpc) is 3.02. The molecule has 5 heteroatoms.